The van der Waals surface area contributed by atoms with E-state index in [4.69, 9.17) is 4.74 Å². The van der Waals surface area contributed by atoms with E-state index in [0.717, 1.165) is 21.1 Å². The molecular formula is C15H16N4O3S. The molecule has 7 nitrogen and oxygen atoms in total. The first-order valence-electron chi connectivity index (χ1n) is 7.52. The summed E-state index contributed by atoms with van der Waals surface area (Å²) in [6, 6.07) is 5.45. The summed E-state index contributed by atoms with van der Waals surface area (Å²) < 4.78 is 6.67. The van der Waals surface area contributed by atoms with Crippen LogP contribution in [-0.2, 0) is 4.79 Å². The maximum atomic E-state index is 12.0. The molecule has 1 unspecified atom stereocenters. The molecule has 2 N–H and O–H groups in total. The van der Waals surface area contributed by atoms with E-state index < -0.39 is 11.6 Å². The third-order valence-corrected chi connectivity index (χ3v) is 5.31. The first-order chi connectivity index (χ1) is 11.1. The second kappa shape index (κ2) is 5.09. The number of nitrogens with one attached hydrogen (secondary N) is 2. The quantitative estimate of drug-likeness (QED) is 0.832. The molecule has 1 aromatic carbocycles. The Morgan fingerprint density at radius 1 is 1.43 bits per heavy atom. The van der Waals surface area contributed by atoms with Gasteiger partial charge in [-0.1, -0.05) is 17.4 Å². The lowest BCUT2D eigenvalue weighted by molar-refractivity contribution is -0.123. The summed E-state index contributed by atoms with van der Waals surface area (Å²) in [5.41, 5.74) is 0.0210. The Bertz CT molecular complexity index is 805. The number of carbonyl (C=O) groups is 2. The molecule has 120 valence electrons. The number of urea groups is 1. The standard InChI is InChI=1S/C15H16N4O3S/c1-2-22-9-4-3-5-10-11(9)16-14(23-10)19-7-6-15(8-19)12(20)17-13(21)18-15/h3-5H,2,6-8H2,1H3,(H2,17,18,20,21). The van der Waals surface area contributed by atoms with Gasteiger partial charge in [-0.3, -0.25) is 10.1 Å². The first-order valence-corrected chi connectivity index (χ1v) is 8.34. The van der Waals surface area contributed by atoms with Crippen molar-refractivity contribution in [1.82, 2.24) is 15.6 Å². The third-order valence-electron chi connectivity index (χ3n) is 4.22. The van der Waals surface area contributed by atoms with Crippen LogP contribution in [0.15, 0.2) is 18.2 Å². The minimum absolute atomic E-state index is 0.249. The molecule has 3 amide bonds. The first kappa shape index (κ1) is 14.3. The molecule has 2 saturated heterocycles. The van der Waals surface area contributed by atoms with Crippen molar-refractivity contribution in [2.24, 2.45) is 0 Å². The summed E-state index contributed by atoms with van der Waals surface area (Å²) in [6.45, 7) is 3.65. The van der Waals surface area contributed by atoms with Crippen LogP contribution in [0.25, 0.3) is 10.2 Å². The summed E-state index contributed by atoms with van der Waals surface area (Å²) in [5.74, 6) is 0.523. The second-order valence-corrected chi connectivity index (χ2v) is 6.70. The van der Waals surface area contributed by atoms with Crippen molar-refractivity contribution in [1.29, 1.82) is 0 Å². The highest BCUT2D eigenvalue weighted by Crippen LogP contribution is 2.37. The molecule has 1 atom stereocenters. The predicted octanol–water partition coefficient (Wildman–Crippen LogP) is 1.48. The number of thiazole rings is 1. The lowest BCUT2D eigenvalue weighted by Gasteiger charge is -2.20. The van der Waals surface area contributed by atoms with Crippen LogP contribution in [0.5, 0.6) is 5.75 Å². The summed E-state index contributed by atoms with van der Waals surface area (Å²) in [5, 5.41) is 5.92. The van der Waals surface area contributed by atoms with E-state index >= 15 is 0 Å². The Kier molecular flexibility index (Phi) is 3.15. The van der Waals surface area contributed by atoms with E-state index in [-0.39, 0.29) is 5.91 Å². The van der Waals surface area contributed by atoms with Crippen molar-refractivity contribution >= 4 is 38.6 Å². The maximum Gasteiger partial charge on any atom is 0.322 e. The molecule has 2 fully saturated rings. The zero-order chi connectivity index (χ0) is 16.0. The fourth-order valence-electron chi connectivity index (χ4n) is 3.11. The van der Waals surface area contributed by atoms with Crippen LogP contribution >= 0.6 is 11.3 Å². The van der Waals surface area contributed by atoms with Crippen molar-refractivity contribution in [3.63, 3.8) is 0 Å². The molecule has 23 heavy (non-hydrogen) atoms. The highest BCUT2D eigenvalue weighted by Gasteiger charge is 2.51. The summed E-state index contributed by atoms with van der Waals surface area (Å²) in [4.78, 5) is 30.2. The number of rotatable bonds is 3. The molecule has 2 aromatic rings. The Morgan fingerprint density at radius 3 is 3.04 bits per heavy atom. The second-order valence-electron chi connectivity index (χ2n) is 5.69. The lowest BCUT2D eigenvalue weighted by Crippen LogP contribution is -2.49. The minimum Gasteiger partial charge on any atom is -0.492 e. The fourth-order valence-corrected chi connectivity index (χ4v) is 4.12. The number of hydrogen-bond donors (Lipinski definition) is 2. The van der Waals surface area contributed by atoms with Gasteiger partial charge in [-0.15, -0.1) is 0 Å². The summed E-state index contributed by atoms with van der Waals surface area (Å²) in [7, 11) is 0. The van der Waals surface area contributed by atoms with Crippen LogP contribution < -0.4 is 20.3 Å². The zero-order valence-corrected chi connectivity index (χ0v) is 13.4. The van der Waals surface area contributed by atoms with Crippen LogP contribution in [0.4, 0.5) is 9.93 Å². The van der Waals surface area contributed by atoms with Gasteiger partial charge in [-0.05, 0) is 25.5 Å². The normalized spacial score (nSPS) is 23.6. The van der Waals surface area contributed by atoms with Crippen LogP contribution in [0, 0.1) is 0 Å². The van der Waals surface area contributed by atoms with Crippen molar-refractivity contribution in [2.45, 2.75) is 18.9 Å². The van der Waals surface area contributed by atoms with E-state index in [2.05, 4.69) is 15.6 Å². The van der Waals surface area contributed by atoms with Gasteiger partial charge in [-0.25, -0.2) is 9.78 Å². The molecule has 1 spiro atoms. The zero-order valence-electron chi connectivity index (χ0n) is 12.6. The van der Waals surface area contributed by atoms with Crippen molar-refractivity contribution in [3.05, 3.63) is 18.2 Å². The van der Waals surface area contributed by atoms with Crippen LogP contribution in [0.1, 0.15) is 13.3 Å². The SMILES string of the molecule is CCOc1cccc2sc(N3CCC4(C3)NC(=O)NC4=O)nc12. The topological polar surface area (TPSA) is 83.6 Å². The molecule has 0 bridgehead atoms. The monoisotopic (exact) mass is 332 g/mol. The molecule has 2 aliphatic heterocycles. The molecule has 3 heterocycles. The van der Waals surface area contributed by atoms with Gasteiger partial charge in [0.1, 0.15) is 16.8 Å². The van der Waals surface area contributed by atoms with Crippen molar-refractivity contribution in [3.8, 4) is 5.75 Å². The van der Waals surface area contributed by atoms with E-state index in [0.29, 0.717) is 26.1 Å². The minimum atomic E-state index is -0.822. The number of para-hydroxylation sites is 1. The highest BCUT2D eigenvalue weighted by atomic mass is 32.1. The van der Waals surface area contributed by atoms with E-state index in [1.165, 1.54) is 0 Å². The van der Waals surface area contributed by atoms with Crippen LogP contribution in [0.3, 0.4) is 0 Å². The Morgan fingerprint density at radius 2 is 2.30 bits per heavy atom. The Hall–Kier alpha value is -2.35. The molecule has 4 rings (SSSR count). The Labute approximate surface area is 136 Å². The fraction of sp³-hybridized carbons (Fsp3) is 0.400. The number of hydrogen-bond acceptors (Lipinski definition) is 6. The number of amides is 3. The van der Waals surface area contributed by atoms with Crippen molar-refractivity contribution < 1.29 is 14.3 Å². The molecule has 0 aliphatic carbocycles. The van der Waals surface area contributed by atoms with Crippen molar-refractivity contribution in [2.75, 3.05) is 24.6 Å². The molecule has 8 heteroatoms. The van der Waals surface area contributed by atoms with E-state index in [1.807, 2.05) is 30.0 Å². The largest absolute Gasteiger partial charge is 0.492 e. The smallest absolute Gasteiger partial charge is 0.322 e. The van der Waals surface area contributed by atoms with Crippen LogP contribution in [0.2, 0.25) is 0 Å². The number of nitrogens with zero attached hydrogens (tertiary/aromatic N) is 2. The maximum absolute atomic E-state index is 12.0. The van der Waals surface area contributed by atoms with Crippen LogP contribution in [-0.4, -0.2) is 42.2 Å². The van der Waals surface area contributed by atoms with Gasteiger partial charge >= 0.3 is 6.03 Å². The number of fused-ring (bicyclic) bond motifs is 1. The predicted molar refractivity (Wildman–Crippen MR) is 87.0 cm³/mol. The number of carbonyl (C=O) groups excluding carboxylic acids is 2. The highest BCUT2D eigenvalue weighted by molar-refractivity contribution is 7.22. The summed E-state index contributed by atoms with van der Waals surface area (Å²) >= 11 is 1.57. The molecular weight excluding hydrogens is 316 g/mol. The lowest BCUT2D eigenvalue weighted by atomic mass is 10.00. The Balaban J connectivity index is 1.64. The third kappa shape index (κ3) is 2.21. The van der Waals surface area contributed by atoms with E-state index in [9.17, 15) is 9.59 Å². The van der Waals surface area contributed by atoms with Gasteiger partial charge < -0.3 is 15.0 Å². The van der Waals surface area contributed by atoms with Gasteiger partial charge in [0, 0.05) is 6.54 Å². The van der Waals surface area contributed by atoms with Gasteiger partial charge in [0.2, 0.25) is 0 Å². The molecule has 2 aliphatic rings. The van der Waals surface area contributed by atoms with E-state index in [1.54, 1.807) is 11.3 Å². The van der Waals surface area contributed by atoms with Gasteiger partial charge in [-0.2, -0.15) is 0 Å². The molecule has 0 saturated carbocycles. The van der Waals surface area contributed by atoms with Gasteiger partial charge in [0.15, 0.2) is 5.13 Å². The molecule has 0 radical (unpaired) electrons. The average molecular weight is 332 g/mol. The van der Waals surface area contributed by atoms with Gasteiger partial charge in [0.05, 0.1) is 17.9 Å². The summed E-state index contributed by atoms with van der Waals surface area (Å²) in [6.07, 6.45) is 0.582. The number of anilines is 1. The number of benzene rings is 1. The average Bonchev–Trinajstić information content (AvgIpc) is 3.18. The molecule has 1 aromatic heterocycles. The van der Waals surface area contributed by atoms with Gasteiger partial charge in [0.25, 0.3) is 5.91 Å². The number of ether oxygens (including phenoxy) is 1. The number of imide groups is 1. The number of aromatic nitrogens is 1.